The molecule has 14 heavy (non-hydrogen) atoms. The van der Waals surface area contributed by atoms with Crippen molar-refractivity contribution in [2.45, 2.75) is 31.3 Å². The first-order valence-electron chi connectivity index (χ1n) is 4.39. The number of aryl methyl sites for hydroxylation is 1. The summed E-state index contributed by atoms with van der Waals surface area (Å²) in [5, 5.41) is 21.9. The van der Waals surface area contributed by atoms with Crippen LogP contribution < -0.4 is 0 Å². The van der Waals surface area contributed by atoms with E-state index in [1.807, 2.05) is 0 Å². The minimum absolute atomic E-state index is 0.240. The molecule has 1 fully saturated rings. The van der Waals surface area contributed by atoms with Gasteiger partial charge in [0.2, 0.25) is 0 Å². The molecule has 76 valence electrons. The topological polar surface area (TPSA) is 83.6 Å². The second-order valence-corrected chi connectivity index (χ2v) is 3.74. The number of aliphatic hydroxyl groups excluding tert-OH is 1. The molecule has 5 nitrogen and oxygen atoms in total. The fraction of sp³-hybridized carbons (Fsp3) is 0.556. The molecule has 2 rings (SSSR count). The summed E-state index contributed by atoms with van der Waals surface area (Å²) < 4.78 is 4.84. The van der Waals surface area contributed by atoms with Gasteiger partial charge in [-0.3, -0.25) is 4.79 Å². The van der Waals surface area contributed by atoms with Crippen molar-refractivity contribution < 1.29 is 19.5 Å². The predicted octanol–water partition coefficient (Wildman–Crippen LogP) is 0.460. The van der Waals surface area contributed by atoms with Gasteiger partial charge in [0.25, 0.3) is 0 Å². The highest BCUT2D eigenvalue weighted by atomic mass is 16.5. The molecule has 0 radical (unpaired) electrons. The largest absolute Gasteiger partial charge is 0.481 e. The van der Waals surface area contributed by atoms with Crippen molar-refractivity contribution in [2.75, 3.05) is 0 Å². The molecule has 2 N–H and O–H groups in total. The Labute approximate surface area is 80.3 Å². The van der Waals surface area contributed by atoms with Crippen LogP contribution in [-0.2, 0) is 10.2 Å². The minimum atomic E-state index is -0.983. The van der Waals surface area contributed by atoms with Crippen LogP contribution in [0.15, 0.2) is 10.7 Å². The SMILES string of the molecule is Cc1oncc1C1(C(=O)O)CC(O)C1. The number of aliphatic carboxylic acids is 1. The number of rotatable bonds is 2. The number of carboxylic acid groups (broad SMARTS) is 1. The van der Waals surface area contributed by atoms with E-state index in [0.717, 1.165) is 0 Å². The van der Waals surface area contributed by atoms with Crippen molar-refractivity contribution in [1.82, 2.24) is 5.16 Å². The fourth-order valence-corrected chi connectivity index (χ4v) is 2.01. The van der Waals surface area contributed by atoms with Crippen molar-refractivity contribution in [1.29, 1.82) is 0 Å². The summed E-state index contributed by atoms with van der Waals surface area (Å²) in [4.78, 5) is 11.1. The summed E-state index contributed by atoms with van der Waals surface area (Å²) in [6, 6.07) is 0. The highest BCUT2D eigenvalue weighted by Gasteiger charge is 2.53. The Hall–Kier alpha value is -1.36. The Balaban J connectivity index is 2.39. The number of hydrogen-bond acceptors (Lipinski definition) is 4. The van der Waals surface area contributed by atoms with Gasteiger partial charge in [-0.2, -0.15) is 0 Å². The summed E-state index contributed by atoms with van der Waals surface area (Å²) in [7, 11) is 0. The maximum atomic E-state index is 11.1. The van der Waals surface area contributed by atoms with Gasteiger partial charge in [0.15, 0.2) is 0 Å². The van der Waals surface area contributed by atoms with Crippen LogP contribution in [0.2, 0.25) is 0 Å². The zero-order valence-electron chi connectivity index (χ0n) is 7.73. The van der Waals surface area contributed by atoms with Gasteiger partial charge in [-0.05, 0) is 19.8 Å². The minimum Gasteiger partial charge on any atom is -0.481 e. The van der Waals surface area contributed by atoms with Crippen LogP contribution in [0.5, 0.6) is 0 Å². The van der Waals surface area contributed by atoms with Crippen LogP contribution in [-0.4, -0.2) is 27.4 Å². The maximum absolute atomic E-state index is 11.1. The summed E-state index contributed by atoms with van der Waals surface area (Å²) in [5.74, 6) is -0.409. The fourth-order valence-electron chi connectivity index (χ4n) is 2.01. The van der Waals surface area contributed by atoms with Crippen molar-refractivity contribution >= 4 is 5.97 Å². The first-order valence-corrected chi connectivity index (χ1v) is 4.39. The second-order valence-electron chi connectivity index (χ2n) is 3.74. The van der Waals surface area contributed by atoms with Gasteiger partial charge < -0.3 is 14.7 Å². The summed E-state index contributed by atoms with van der Waals surface area (Å²) in [6.45, 7) is 1.68. The number of carbonyl (C=O) groups is 1. The molecule has 1 aliphatic carbocycles. The van der Waals surface area contributed by atoms with Crippen LogP contribution in [0, 0.1) is 6.92 Å². The third kappa shape index (κ3) is 1.05. The number of carboxylic acids is 1. The molecular formula is C9H11NO4. The molecule has 1 saturated carbocycles. The molecule has 1 heterocycles. The lowest BCUT2D eigenvalue weighted by Crippen LogP contribution is -2.50. The monoisotopic (exact) mass is 197 g/mol. The van der Waals surface area contributed by atoms with E-state index in [9.17, 15) is 9.90 Å². The smallest absolute Gasteiger partial charge is 0.314 e. The molecule has 5 heteroatoms. The van der Waals surface area contributed by atoms with Gasteiger partial charge in [0.05, 0.1) is 12.3 Å². The summed E-state index contributed by atoms with van der Waals surface area (Å²) in [5.41, 5.74) is -0.404. The highest BCUT2D eigenvalue weighted by molar-refractivity contribution is 5.83. The number of hydrogen-bond donors (Lipinski definition) is 2. The summed E-state index contributed by atoms with van der Waals surface area (Å²) in [6.07, 6.45) is 1.38. The van der Waals surface area contributed by atoms with Gasteiger partial charge in [-0.1, -0.05) is 5.16 Å². The van der Waals surface area contributed by atoms with Crippen LogP contribution in [0.25, 0.3) is 0 Å². The van der Waals surface area contributed by atoms with E-state index in [1.165, 1.54) is 6.20 Å². The Morgan fingerprint density at radius 1 is 1.71 bits per heavy atom. The van der Waals surface area contributed by atoms with Gasteiger partial charge in [-0.25, -0.2) is 0 Å². The molecular weight excluding hydrogens is 186 g/mol. The normalized spacial score (nSPS) is 31.1. The van der Waals surface area contributed by atoms with E-state index < -0.39 is 17.5 Å². The molecule has 0 aliphatic heterocycles. The van der Waals surface area contributed by atoms with E-state index in [4.69, 9.17) is 9.63 Å². The Morgan fingerprint density at radius 2 is 2.36 bits per heavy atom. The molecule has 0 spiro atoms. The van der Waals surface area contributed by atoms with E-state index >= 15 is 0 Å². The van der Waals surface area contributed by atoms with Crippen molar-refractivity contribution in [3.05, 3.63) is 17.5 Å². The van der Waals surface area contributed by atoms with Gasteiger partial charge in [0, 0.05) is 5.56 Å². The van der Waals surface area contributed by atoms with Crippen LogP contribution >= 0.6 is 0 Å². The molecule has 1 aliphatic rings. The van der Waals surface area contributed by atoms with Crippen molar-refractivity contribution in [3.8, 4) is 0 Å². The number of aliphatic hydroxyl groups is 1. The van der Waals surface area contributed by atoms with Gasteiger partial charge in [0.1, 0.15) is 11.2 Å². The first kappa shape index (κ1) is 9.21. The highest BCUT2D eigenvalue weighted by Crippen LogP contribution is 2.45. The number of nitrogens with zero attached hydrogens (tertiary/aromatic N) is 1. The molecule has 0 unspecified atom stereocenters. The molecule has 0 aromatic carbocycles. The molecule has 1 aromatic heterocycles. The first-order chi connectivity index (χ1) is 6.56. The third-order valence-corrected chi connectivity index (χ3v) is 2.84. The molecule has 0 bridgehead atoms. The van der Waals surface area contributed by atoms with E-state index in [-0.39, 0.29) is 12.8 Å². The van der Waals surface area contributed by atoms with Crippen molar-refractivity contribution in [2.24, 2.45) is 0 Å². The average Bonchev–Trinajstić information content (AvgIpc) is 2.45. The Morgan fingerprint density at radius 3 is 2.71 bits per heavy atom. The van der Waals surface area contributed by atoms with Crippen LogP contribution in [0.4, 0.5) is 0 Å². The van der Waals surface area contributed by atoms with E-state index in [0.29, 0.717) is 11.3 Å². The van der Waals surface area contributed by atoms with E-state index in [1.54, 1.807) is 6.92 Å². The summed E-state index contributed by atoms with van der Waals surface area (Å²) >= 11 is 0. The number of aromatic nitrogens is 1. The lowest BCUT2D eigenvalue weighted by Gasteiger charge is -2.41. The molecule has 0 saturated heterocycles. The van der Waals surface area contributed by atoms with Crippen LogP contribution in [0.1, 0.15) is 24.2 Å². The quantitative estimate of drug-likeness (QED) is 0.719. The Kier molecular flexibility index (Phi) is 1.85. The van der Waals surface area contributed by atoms with Crippen molar-refractivity contribution in [3.63, 3.8) is 0 Å². The zero-order chi connectivity index (χ0) is 10.3. The lowest BCUT2D eigenvalue weighted by molar-refractivity contribution is -0.153. The average molecular weight is 197 g/mol. The van der Waals surface area contributed by atoms with E-state index in [2.05, 4.69) is 5.16 Å². The lowest BCUT2D eigenvalue weighted by atomic mass is 9.63. The van der Waals surface area contributed by atoms with Gasteiger partial charge in [-0.15, -0.1) is 0 Å². The second kappa shape index (κ2) is 2.81. The molecule has 0 amide bonds. The van der Waals surface area contributed by atoms with Crippen LogP contribution in [0.3, 0.4) is 0 Å². The standard InChI is InChI=1S/C9H11NO4/c1-5-7(4-10-14-5)9(8(12)13)2-6(11)3-9/h4,6,11H,2-3H2,1H3,(H,12,13). The Bertz CT molecular complexity index is 365. The zero-order valence-corrected chi connectivity index (χ0v) is 7.73. The maximum Gasteiger partial charge on any atom is 0.314 e. The molecule has 0 atom stereocenters. The predicted molar refractivity (Wildman–Crippen MR) is 45.8 cm³/mol. The van der Waals surface area contributed by atoms with Gasteiger partial charge >= 0.3 is 5.97 Å². The third-order valence-electron chi connectivity index (χ3n) is 2.84. The molecule has 1 aromatic rings.